The number of anilines is 1. The number of phenolic OH excluding ortho intramolecular Hbond substituents is 1. The fourth-order valence-corrected chi connectivity index (χ4v) is 7.10. The van der Waals surface area contributed by atoms with Gasteiger partial charge in [0.15, 0.2) is 0 Å². The van der Waals surface area contributed by atoms with Gasteiger partial charge in [-0.3, -0.25) is 4.90 Å². The first-order valence-corrected chi connectivity index (χ1v) is 14.9. The molecule has 2 heterocycles. The quantitative estimate of drug-likeness (QED) is 0.272. The first-order valence-electron chi connectivity index (χ1n) is 14.9. The Morgan fingerprint density at radius 1 is 0.872 bits per heavy atom. The van der Waals surface area contributed by atoms with Crippen molar-refractivity contribution in [3.63, 3.8) is 0 Å². The molecule has 6 rings (SSSR count). The molecule has 39 heavy (non-hydrogen) atoms. The zero-order chi connectivity index (χ0) is 26.6. The van der Waals surface area contributed by atoms with Gasteiger partial charge in [-0.2, -0.15) is 0 Å². The summed E-state index contributed by atoms with van der Waals surface area (Å²) in [6, 6.07) is 22.6. The van der Waals surface area contributed by atoms with Crippen molar-refractivity contribution in [1.29, 1.82) is 0 Å². The average molecular weight is 527 g/mol. The van der Waals surface area contributed by atoms with Gasteiger partial charge in [0.25, 0.3) is 0 Å². The molecule has 1 unspecified atom stereocenters. The molecule has 1 atom stereocenters. The van der Waals surface area contributed by atoms with Crippen LogP contribution in [-0.2, 0) is 19.3 Å². The van der Waals surface area contributed by atoms with Crippen molar-refractivity contribution in [3.8, 4) is 17.2 Å². The fraction of sp³-hybridized carbons (Fsp3) is 0.471. The summed E-state index contributed by atoms with van der Waals surface area (Å²) in [6.07, 6.45) is 10.7. The summed E-state index contributed by atoms with van der Waals surface area (Å²) in [7, 11) is 1.73. The standard InChI is InChI=1S/C34H42N2O3/c1-38-32-16-17-33(27-7-6-26-22-30(37)13-8-25(26)21-27)34(23-32)35-18-2-3-24-4-14-31(15-5-24)39-20-19-36-28-9-10-29(36)12-11-28/h4-5,8,13-17,22-23,27-29,35,37H,2-3,6-7,9-12,18-21H2,1H3. The summed E-state index contributed by atoms with van der Waals surface area (Å²) < 4.78 is 11.6. The smallest absolute Gasteiger partial charge is 0.120 e. The molecule has 5 heteroatoms. The zero-order valence-electron chi connectivity index (χ0n) is 23.2. The fourth-order valence-electron chi connectivity index (χ4n) is 7.10. The Hall–Kier alpha value is -3.18. The predicted octanol–water partition coefficient (Wildman–Crippen LogP) is 6.72. The molecule has 2 saturated heterocycles. The lowest BCUT2D eigenvalue weighted by Gasteiger charge is -2.27. The van der Waals surface area contributed by atoms with Crippen LogP contribution in [0.2, 0.25) is 0 Å². The van der Waals surface area contributed by atoms with Crippen LogP contribution in [0.5, 0.6) is 17.2 Å². The number of fused-ring (bicyclic) bond motifs is 3. The van der Waals surface area contributed by atoms with Crippen LogP contribution >= 0.6 is 0 Å². The minimum atomic E-state index is 0.366. The Labute approximate surface area is 233 Å². The Balaban J connectivity index is 0.992. The zero-order valence-corrected chi connectivity index (χ0v) is 23.2. The Kier molecular flexibility index (Phi) is 7.96. The number of benzene rings is 3. The van der Waals surface area contributed by atoms with Gasteiger partial charge in [-0.15, -0.1) is 0 Å². The van der Waals surface area contributed by atoms with E-state index >= 15 is 0 Å². The van der Waals surface area contributed by atoms with E-state index in [0.29, 0.717) is 11.7 Å². The highest BCUT2D eigenvalue weighted by Crippen LogP contribution is 2.39. The van der Waals surface area contributed by atoms with Crippen LogP contribution in [-0.4, -0.2) is 48.9 Å². The summed E-state index contributed by atoms with van der Waals surface area (Å²) in [5.41, 5.74) is 6.51. The minimum Gasteiger partial charge on any atom is -0.508 e. The molecule has 0 spiro atoms. The molecule has 3 aromatic rings. The molecule has 3 aromatic carbocycles. The van der Waals surface area contributed by atoms with Gasteiger partial charge in [0.05, 0.1) is 7.11 Å². The predicted molar refractivity (Wildman–Crippen MR) is 157 cm³/mol. The third-order valence-corrected chi connectivity index (χ3v) is 9.22. The van der Waals surface area contributed by atoms with Gasteiger partial charge in [0.2, 0.25) is 0 Å². The monoisotopic (exact) mass is 526 g/mol. The summed E-state index contributed by atoms with van der Waals surface area (Å²) in [4.78, 5) is 2.67. The summed E-state index contributed by atoms with van der Waals surface area (Å²) in [6.45, 7) is 2.76. The maximum Gasteiger partial charge on any atom is 0.120 e. The van der Waals surface area contributed by atoms with Crippen molar-refractivity contribution in [3.05, 3.63) is 82.9 Å². The topological polar surface area (TPSA) is 54.0 Å². The van der Waals surface area contributed by atoms with Crippen LogP contribution in [0, 0.1) is 0 Å². The molecule has 0 radical (unpaired) electrons. The Bertz CT molecular complexity index is 1240. The minimum absolute atomic E-state index is 0.366. The number of aryl methyl sites for hydroxylation is 2. The second-order valence-corrected chi connectivity index (χ2v) is 11.6. The average Bonchev–Trinajstić information content (AvgIpc) is 3.55. The van der Waals surface area contributed by atoms with Gasteiger partial charge in [0, 0.05) is 36.9 Å². The van der Waals surface area contributed by atoms with Crippen molar-refractivity contribution in [2.75, 3.05) is 32.1 Å². The van der Waals surface area contributed by atoms with Crippen molar-refractivity contribution in [1.82, 2.24) is 4.90 Å². The van der Waals surface area contributed by atoms with Crippen LogP contribution < -0.4 is 14.8 Å². The maximum absolute atomic E-state index is 9.85. The number of methoxy groups -OCH3 is 1. The number of nitrogens with zero attached hydrogens (tertiary/aromatic N) is 1. The first kappa shape index (κ1) is 26.1. The van der Waals surface area contributed by atoms with Gasteiger partial charge in [-0.05, 0) is 116 Å². The molecule has 0 amide bonds. The molecule has 2 aliphatic heterocycles. The highest BCUT2D eigenvalue weighted by Gasteiger charge is 2.38. The molecule has 0 saturated carbocycles. The van der Waals surface area contributed by atoms with Gasteiger partial charge in [-0.1, -0.05) is 24.3 Å². The molecular formula is C34H42N2O3. The molecule has 5 nitrogen and oxygen atoms in total. The van der Waals surface area contributed by atoms with Crippen LogP contribution in [0.4, 0.5) is 5.69 Å². The number of hydrogen-bond donors (Lipinski definition) is 2. The van der Waals surface area contributed by atoms with Gasteiger partial charge in [-0.25, -0.2) is 0 Å². The maximum atomic E-state index is 9.85. The number of rotatable bonds is 11. The number of aromatic hydroxyl groups is 1. The normalized spacial score (nSPS) is 22.0. The third-order valence-electron chi connectivity index (χ3n) is 9.22. The highest BCUT2D eigenvalue weighted by atomic mass is 16.5. The van der Waals surface area contributed by atoms with Crippen molar-refractivity contribution < 1.29 is 14.6 Å². The molecule has 0 aromatic heterocycles. The Morgan fingerprint density at radius 2 is 1.64 bits per heavy atom. The van der Waals surface area contributed by atoms with Gasteiger partial charge < -0.3 is 19.9 Å². The molecule has 2 N–H and O–H groups in total. The van der Waals surface area contributed by atoms with Crippen LogP contribution in [0.3, 0.4) is 0 Å². The second-order valence-electron chi connectivity index (χ2n) is 11.6. The van der Waals surface area contributed by atoms with E-state index in [1.54, 1.807) is 7.11 Å². The summed E-state index contributed by atoms with van der Waals surface area (Å²) in [5, 5.41) is 13.6. The molecule has 2 bridgehead atoms. The number of hydrogen-bond acceptors (Lipinski definition) is 5. The van der Waals surface area contributed by atoms with E-state index in [1.807, 2.05) is 12.1 Å². The lowest BCUT2D eigenvalue weighted by molar-refractivity contribution is 0.194. The number of ether oxygens (including phenoxy) is 2. The van der Waals surface area contributed by atoms with Crippen LogP contribution in [0.1, 0.15) is 66.7 Å². The van der Waals surface area contributed by atoms with E-state index in [4.69, 9.17) is 9.47 Å². The van der Waals surface area contributed by atoms with E-state index in [2.05, 4.69) is 58.7 Å². The van der Waals surface area contributed by atoms with Crippen LogP contribution in [0.25, 0.3) is 0 Å². The Morgan fingerprint density at radius 3 is 2.41 bits per heavy atom. The van der Waals surface area contributed by atoms with E-state index < -0.39 is 0 Å². The van der Waals surface area contributed by atoms with Crippen LogP contribution in [0.15, 0.2) is 60.7 Å². The lowest BCUT2D eigenvalue weighted by Crippen LogP contribution is -2.32. The molecular weight excluding hydrogens is 484 g/mol. The van der Waals surface area contributed by atoms with E-state index in [9.17, 15) is 5.11 Å². The molecule has 206 valence electrons. The SMILES string of the molecule is COc1ccc(C2CCc3cc(O)ccc3C2)c(NCCCc2ccc(OCCN3C4CCC3CC4)cc2)c1. The summed E-state index contributed by atoms with van der Waals surface area (Å²) in [5.74, 6) is 2.69. The molecule has 2 fully saturated rings. The van der Waals surface area contributed by atoms with Gasteiger partial charge in [0.1, 0.15) is 23.9 Å². The first-order chi connectivity index (χ1) is 19.2. The van der Waals surface area contributed by atoms with E-state index in [1.165, 1.54) is 53.6 Å². The largest absolute Gasteiger partial charge is 0.508 e. The van der Waals surface area contributed by atoms with Gasteiger partial charge >= 0.3 is 0 Å². The molecule has 3 aliphatic rings. The third kappa shape index (κ3) is 6.04. The number of phenols is 1. The highest BCUT2D eigenvalue weighted by molar-refractivity contribution is 5.57. The summed E-state index contributed by atoms with van der Waals surface area (Å²) >= 11 is 0. The molecule has 1 aliphatic carbocycles. The van der Waals surface area contributed by atoms with E-state index in [0.717, 1.165) is 75.4 Å². The van der Waals surface area contributed by atoms with Crippen molar-refractivity contribution in [2.45, 2.75) is 75.8 Å². The van der Waals surface area contributed by atoms with Crippen molar-refractivity contribution >= 4 is 5.69 Å². The number of nitrogens with one attached hydrogen (secondary N) is 1. The second kappa shape index (κ2) is 11.9. The lowest BCUT2D eigenvalue weighted by atomic mass is 9.79. The van der Waals surface area contributed by atoms with E-state index in [-0.39, 0.29) is 0 Å². The van der Waals surface area contributed by atoms with Crippen molar-refractivity contribution in [2.24, 2.45) is 0 Å².